The smallest absolute Gasteiger partial charge is 0.394 e. The highest BCUT2D eigenvalue weighted by molar-refractivity contribution is 7.79. The molecule has 0 fully saturated rings. The SMILES string of the molecule is CCCCCCCCCCCCCCCCO.O=S(=O)(O)O. The van der Waals surface area contributed by atoms with E-state index in [0.717, 1.165) is 6.42 Å². The minimum atomic E-state index is -4.67. The van der Waals surface area contributed by atoms with Gasteiger partial charge in [0.1, 0.15) is 0 Å². The maximum atomic E-state index is 8.74. The molecular formula is C16H36O5S. The van der Waals surface area contributed by atoms with Gasteiger partial charge < -0.3 is 5.11 Å². The van der Waals surface area contributed by atoms with Crippen molar-refractivity contribution in [1.29, 1.82) is 0 Å². The van der Waals surface area contributed by atoms with Gasteiger partial charge in [-0.05, 0) is 6.42 Å². The van der Waals surface area contributed by atoms with Crippen molar-refractivity contribution in [2.24, 2.45) is 0 Å². The molecule has 0 aliphatic carbocycles. The van der Waals surface area contributed by atoms with Gasteiger partial charge in [0.2, 0.25) is 0 Å². The largest absolute Gasteiger partial charge is 0.396 e. The summed E-state index contributed by atoms with van der Waals surface area (Å²) in [6.07, 6.45) is 19.2. The molecule has 0 radical (unpaired) electrons. The van der Waals surface area contributed by atoms with E-state index in [1.165, 1.54) is 83.5 Å². The summed E-state index contributed by atoms with van der Waals surface area (Å²) in [4.78, 5) is 0. The predicted octanol–water partition coefficient (Wildman–Crippen LogP) is 4.81. The fourth-order valence-corrected chi connectivity index (χ4v) is 2.31. The normalized spacial score (nSPS) is 11.1. The Labute approximate surface area is 137 Å². The molecule has 0 aliphatic rings. The van der Waals surface area contributed by atoms with Crippen LogP contribution < -0.4 is 0 Å². The first-order valence-electron chi connectivity index (χ1n) is 8.72. The third-order valence-electron chi connectivity index (χ3n) is 3.51. The van der Waals surface area contributed by atoms with Crippen LogP contribution in [-0.4, -0.2) is 29.2 Å². The summed E-state index contributed by atoms with van der Waals surface area (Å²) in [7, 11) is -4.67. The van der Waals surface area contributed by atoms with Crippen molar-refractivity contribution in [3.05, 3.63) is 0 Å². The van der Waals surface area contributed by atoms with E-state index in [9.17, 15) is 0 Å². The fourth-order valence-electron chi connectivity index (χ4n) is 2.31. The average Bonchev–Trinajstić information content (AvgIpc) is 2.42. The summed E-state index contributed by atoms with van der Waals surface area (Å²) < 4.78 is 31.6. The molecule has 0 aromatic heterocycles. The Morgan fingerprint density at radius 1 is 0.591 bits per heavy atom. The summed E-state index contributed by atoms with van der Waals surface area (Å²) >= 11 is 0. The van der Waals surface area contributed by atoms with E-state index in [2.05, 4.69) is 6.92 Å². The maximum Gasteiger partial charge on any atom is 0.394 e. The second-order valence-corrected chi connectivity index (χ2v) is 6.66. The van der Waals surface area contributed by atoms with Gasteiger partial charge in [0.05, 0.1) is 0 Å². The number of aliphatic hydroxyl groups excluding tert-OH is 1. The van der Waals surface area contributed by atoms with Crippen LogP contribution in [0.2, 0.25) is 0 Å². The summed E-state index contributed by atoms with van der Waals surface area (Å²) in [6, 6.07) is 0. The highest BCUT2D eigenvalue weighted by Crippen LogP contribution is 2.12. The Kier molecular flexibility index (Phi) is 20.7. The summed E-state index contributed by atoms with van der Waals surface area (Å²) in [6.45, 7) is 2.65. The van der Waals surface area contributed by atoms with E-state index in [0.29, 0.717) is 6.61 Å². The lowest BCUT2D eigenvalue weighted by Gasteiger charge is -2.02. The lowest BCUT2D eigenvalue weighted by atomic mass is 10.0. The van der Waals surface area contributed by atoms with Crippen molar-refractivity contribution < 1.29 is 22.6 Å². The van der Waals surface area contributed by atoms with Crippen LogP contribution in [0.5, 0.6) is 0 Å². The standard InChI is InChI=1S/C16H34O.H2O4S/c1-2-3-4-5-6-7-8-9-10-11-12-13-14-15-16-17;1-5(2,3)4/h17H,2-16H2,1H3;(H2,1,2,3,4). The predicted molar refractivity (Wildman–Crippen MR) is 91.6 cm³/mol. The van der Waals surface area contributed by atoms with Crippen LogP contribution >= 0.6 is 0 Å². The van der Waals surface area contributed by atoms with Gasteiger partial charge in [-0.25, -0.2) is 0 Å². The lowest BCUT2D eigenvalue weighted by molar-refractivity contribution is 0.282. The molecule has 0 atom stereocenters. The number of rotatable bonds is 14. The molecule has 0 rings (SSSR count). The van der Waals surface area contributed by atoms with Crippen LogP contribution in [0, 0.1) is 0 Å². The van der Waals surface area contributed by atoms with Crippen LogP contribution in [0.1, 0.15) is 96.8 Å². The van der Waals surface area contributed by atoms with Gasteiger partial charge in [-0.2, -0.15) is 8.42 Å². The first kappa shape index (κ1) is 24.1. The molecule has 22 heavy (non-hydrogen) atoms. The van der Waals surface area contributed by atoms with Crippen molar-refractivity contribution in [2.75, 3.05) is 6.61 Å². The minimum Gasteiger partial charge on any atom is -0.396 e. The zero-order valence-electron chi connectivity index (χ0n) is 14.2. The maximum absolute atomic E-state index is 8.74. The third kappa shape index (κ3) is 36.8. The monoisotopic (exact) mass is 340 g/mol. The second kappa shape index (κ2) is 18.9. The highest BCUT2D eigenvalue weighted by Gasteiger charge is 1.93. The van der Waals surface area contributed by atoms with E-state index < -0.39 is 10.4 Å². The molecule has 136 valence electrons. The Hall–Kier alpha value is -0.170. The van der Waals surface area contributed by atoms with Crippen LogP contribution in [0.3, 0.4) is 0 Å². The summed E-state index contributed by atoms with van der Waals surface area (Å²) in [5, 5.41) is 8.64. The number of aliphatic hydroxyl groups is 1. The van der Waals surface area contributed by atoms with Crippen molar-refractivity contribution in [1.82, 2.24) is 0 Å². The first-order valence-corrected chi connectivity index (χ1v) is 10.1. The van der Waals surface area contributed by atoms with Gasteiger partial charge in [-0.3, -0.25) is 9.11 Å². The van der Waals surface area contributed by atoms with Crippen molar-refractivity contribution in [2.45, 2.75) is 96.8 Å². The van der Waals surface area contributed by atoms with E-state index >= 15 is 0 Å². The molecule has 5 nitrogen and oxygen atoms in total. The highest BCUT2D eigenvalue weighted by atomic mass is 32.3. The van der Waals surface area contributed by atoms with Crippen LogP contribution in [0.25, 0.3) is 0 Å². The van der Waals surface area contributed by atoms with E-state index in [4.69, 9.17) is 22.6 Å². The molecule has 0 spiro atoms. The lowest BCUT2D eigenvalue weighted by Crippen LogP contribution is -1.89. The summed E-state index contributed by atoms with van der Waals surface area (Å²) in [5.74, 6) is 0. The van der Waals surface area contributed by atoms with Crippen LogP contribution in [-0.2, 0) is 10.4 Å². The van der Waals surface area contributed by atoms with E-state index in [1.807, 2.05) is 0 Å². The van der Waals surface area contributed by atoms with Gasteiger partial charge in [-0.1, -0.05) is 90.4 Å². The minimum absolute atomic E-state index is 0.373. The van der Waals surface area contributed by atoms with E-state index in [1.54, 1.807) is 0 Å². The quantitative estimate of drug-likeness (QED) is 0.312. The molecule has 0 aromatic carbocycles. The molecule has 3 N–H and O–H groups in total. The van der Waals surface area contributed by atoms with Crippen molar-refractivity contribution in [3.8, 4) is 0 Å². The Balaban J connectivity index is 0. The molecule has 0 aliphatic heterocycles. The first-order chi connectivity index (χ1) is 10.4. The van der Waals surface area contributed by atoms with E-state index in [-0.39, 0.29) is 0 Å². The van der Waals surface area contributed by atoms with Crippen molar-refractivity contribution in [3.63, 3.8) is 0 Å². The van der Waals surface area contributed by atoms with Gasteiger partial charge in [0, 0.05) is 6.61 Å². The Morgan fingerprint density at radius 2 is 0.818 bits per heavy atom. The van der Waals surface area contributed by atoms with Crippen molar-refractivity contribution >= 4 is 10.4 Å². The number of unbranched alkanes of at least 4 members (excludes halogenated alkanes) is 13. The third-order valence-corrected chi connectivity index (χ3v) is 3.51. The van der Waals surface area contributed by atoms with Gasteiger partial charge in [-0.15, -0.1) is 0 Å². The molecule has 0 bridgehead atoms. The molecule has 6 heteroatoms. The zero-order valence-corrected chi connectivity index (χ0v) is 15.0. The topological polar surface area (TPSA) is 94.8 Å². The number of hydrogen-bond donors (Lipinski definition) is 3. The second-order valence-electron chi connectivity index (χ2n) is 5.77. The molecule has 0 heterocycles. The average molecular weight is 341 g/mol. The molecule has 0 aromatic rings. The summed E-state index contributed by atoms with van der Waals surface area (Å²) in [5.41, 5.74) is 0. The van der Waals surface area contributed by atoms with Gasteiger partial charge >= 0.3 is 10.4 Å². The molecule has 0 saturated carbocycles. The number of hydrogen-bond acceptors (Lipinski definition) is 3. The molecule has 0 unspecified atom stereocenters. The molecular weight excluding hydrogens is 304 g/mol. The molecule has 0 saturated heterocycles. The van der Waals surface area contributed by atoms with Gasteiger partial charge in [0.15, 0.2) is 0 Å². The molecule has 0 amide bonds. The fraction of sp³-hybridized carbons (Fsp3) is 1.00. The Bertz CT molecular complexity index is 269. The zero-order chi connectivity index (χ0) is 17.1. The Morgan fingerprint density at radius 3 is 1.05 bits per heavy atom. The van der Waals surface area contributed by atoms with Crippen LogP contribution in [0.15, 0.2) is 0 Å². The van der Waals surface area contributed by atoms with Crippen LogP contribution in [0.4, 0.5) is 0 Å². The van der Waals surface area contributed by atoms with Gasteiger partial charge in [0.25, 0.3) is 0 Å².